The Hall–Kier alpha value is -3.02. The molecule has 2 aromatic rings. The van der Waals surface area contributed by atoms with Crippen molar-refractivity contribution in [2.24, 2.45) is 0 Å². The highest BCUT2D eigenvalue weighted by Crippen LogP contribution is 2.36. The lowest BCUT2D eigenvalue weighted by Crippen LogP contribution is -2.39. The van der Waals surface area contributed by atoms with Crippen LogP contribution in [0.25, 0.3) is 0 Å². The minimum Gasteiger partial charge on any atom is -0.496 e. The monoisotopic (exact) mass is 354 g/mol. The average molecular weight is 354 g/mol. The molecular formula is C20H22N2O4. The number of carboxylic acid groups (broad SMARTS) is 1. The summed E-state index contributed by atoms with van der Waals surface area (Å²) >= 11 is 0. The average Bonchev–Trinajstić information content (AvgIpc) is 3.16. The fourth-order valence-electron chi connectivity index (χ4n) is 3.32. The molecule has 0 saturated carbocycles. The molecule has 1 fully saturated rings. The van der Waals surface area contributed by atoms with Gasteiger partial charge in [-0.1, -0.05) is 30.3 Å². The van der Waals surface area contributed by atoms with E-state index >= 15 is 0 Å². The van der Waals surface area contributed by atoms with E-state index in [1.165, 1.54) is 12.1 Å². The summed E-state index contributed by atoms with van der Waals surface area (Å²) in [5.74, 6) is -0.168. The number of ether oxygens (including phenoxy) is 1. The fraction of sp³-hybridized carbons (Fsp3) is 0.300. The minimum atomic E-state index is -0.961. The maximum Gasteiger partial charge on any atom is 0.335 e. The second-order valence-corrected chi connectivity index (χ2v) is 6.25. The highest BCUT2D eigenvalue weighted by atomic mass is 16.5. The van der Waals surface area contributed by atoms with E-state index in [0.717, 1.165) is 29.7 Å². The number of methoxy groups -OCH3 is 1. The summed E-state index contributed by atoms with van der Waals surface area (Å²) in [6.45, 7) is 1.06. The number of carboxylic acids is 1. The lowest BCUT2D eigenvalue weighted by atomic mass is 10.0. The third kappa shape index (κ3) is 3.79. The van der Waals surface area contributed by atoms with Crippen molar-refractivity contribution in [2.45, 2.75) is 25.4 Å². The highest BCUT2D eigenvalue weighted by Gasteiger charge is 2.31. The Morgan fingerprint density at radius 3 is 2.62 bits per heavy atom. The first-order valence-corrected chi connectivity index (χ1v) is 8.60. The summed E-state index contributed by atoms with van der Waals surface area (Å²) in [5.41, 5.74) is 2.11. The van der Waals surface area contributed by atoms with Gasteiger partial charge in [-0.15, -0.1) is 0 Å². The summed E-state index contributed by atoms with van der Waals surface area (Å²) in [4.78, 5) is 25.4. The molecule has 1 unspecified atom stereocenters. The molecule has 0 aliphatic carbocycles. The van der Waals surface area contributed by atoms with Gasteiger partial charge in [-0.25, -0.2) is 9.59 Å². The van der Waals surface area contributed by atoms with Crippen LogP contribution in [0.4, 0.5) is 4.79 Å². The van der Waals surface area contributed by atoms with Crippen molar-refractivity contribution >= 4 is 12.0 Å². The van der Waals surface area contributed by atoms with Crippen molar-refractivity contribution < 1.29 is 19.4 Å². The Kier molecular flexibility index (Phi) is 5.41. The number of nitrogens with one attached hydrogen (secondary N) is 1. The van der Waals surface area contributed by atoms with Gasteiger partial charge >= 0.3 is 12.0 Å². The van der Waals surface area contributed by atoms with Crippen molar-refractivity contribution in [1.82, 2.24) is 10.2 Å². The van der Waals surface area contributed by atoms with Crippen LogP contribution in [0.2, 0.25) is 0 Å². The van der Waals surface area contributed by atoms with Gasteiger partial charge in [0.1, 0.15) is 5.75 Å². The molecule has 0 aromatic heterocycles. The van der Waals surface area contributed by atoms with E-state index < -0.39 is 5.97 Å². The standard InChI is InChI=1S/C20H22N2O4/c1-26-18-7-3-2-5-16(18)17-6-4-12-22(17)20(25)21-13-14-8-10-15(11-9-14)19(23)24/h2-3,5,7-11,17H,4,6,12-13H2,1H3,(H,21,25)(H,23,24). The number of para-hydroxylation sites is 1. The second kappa shape index (κ2) is 7.91. The molecule has 2 aromatic carbocycles. The molecule has 3 rings (SSSR count). The van der Waals surface area contributed by atoms with E-state index in [1.54, 1.807) is 19.2 Å². The Labute approximate surface area is 152 Å². The lowest BCUT2D eigenvalue weighted by molar-refractivity contribution is 0.0697. The fourth-order valence-corrected chi connectivity index (χ4v) is 3.32. The van der Waals surface area contributed by atoms with E-state index in [9.17, 15) is 9.59 Å². The predicted molar refractivity (Wildman–Crippen MR) is 97.3 cm³/mol. The lowest BCUT2D eigenvalue weighted by Gasteiger charge is -2.26. The van der Waals surface area contributed by atoms with Gasteiger partial charge in [0.05, 0.1) is 18.7 Å². The van der Waals surface area contributed by atoms with Crippen molar-refractivity contribution in [2.75, 3.05) is 13.7 Å². The molecule has 26 heavy (non-hydrogen) atoms. The van der Waals surface area contributed by atoms with Crippen molar-refractivity contribution in [3.05, 3.63) is 65.2 Å². The number of likely N-dealkylation sites (tertiary alicyclic amines) is 1. The summed E-state index contributed by atoms with van der Waals surface area (Å²) in [7, 11) is 1.64. The number of urea groups is 1. The van der Waals surface area contributed by atoms with E-state index in [1.807, 2.05) is 29.2 Å². The van der Waals surface area contributed by atoms with Crippen LogP contribution in [-0.2, 0) is 6.54 Å². The Morgan fingerprint density at radius 2 is 1.92 bits per heavy atom. The molecule has 1 aliphatic rings. The largest absolute Gasteiger partial charge is 0.496 e. The zero-order valence-electron chi connectivity index (χ0n) is 14.6. The van der Waals surface area contributed by atoms with Crippen LogP contribution < -0.4 is 10.1 Å². The van der Waals surface area contributed by atoms with Gasteiger partial charge in [-0.3, -0.25) is 0 Å². The number of rotatable bonds is 5. The Balaban J connectivity index is 1.66. The molecule has 136 valence electrons. The second-order valence-electron chi connectivity index (χ2n) is 6.25. The summed E-state index contributed by atoms with van der Waals surface area (Å²) in [6.07, 6.45) is 1.85. The summed E-state index contributed by atoms with van der Waals surface area (Å²) in [6, 6.07) is 14.2. The van der Waals surface area contributed by atoms with Crippen molar-refractivity contribution in [3.63, 3.8) is 0 Å². The molecule has 0 bridgehead atoms. The predicted octanol–water partition coefficient (Wildman–Crippen LogP) is 3.44. The van der Waals surface area contributed by atoms with Crippen molar-refractivity contribution in [1.29, 1.82) is 0 Å². The van der Waals surface area contributed by atoms with Gasteiger partial charge in [-0.05, 0) is 36.6 Å². The molecule has 1 aliphatic heterocycles. The van der Waals surface area contributed by atoms with Crippen LogP contribution >= 0.6 is 0 Å². The maximum absolute atomic E-state index is 12.7. The number of hydrogen-bond donors (Lipinski definition) is 2. The Morgan fingerprint density at radius 1 is 1.19 bits per heavy atom. The van der Waals surface area contributed by atoms with Crippen molar-refractivity contribution in [3.8, 4) is 5.75 Å². The van der Waals surface area contributed by atoms with Gasteiger partial charge in [0.25, 0.3) is 0 Å². The number of carbonyl (C=O) groups is 2. The van der Waals surface area contributed by atoms with Crippen LogP contribution in [0.1, 0.15) is 40.4 Å². The van der Waals surface area contributed by atoms with Gasteiger partial charge < -0.3 is 20.1 Å². The molecule has 6 heteroatoms. The molecule has 1 heterocycles. The molecule has 0 spiro atoms. The molecular weight excluding hydrogens is 332 g/mol. The van der Waals surface area contributed by atoms with Crippen LogP contribution in [-0.4, -0.2) is 35.7 Å². The quantitative estimate of drug-likeness (QED) is 0.862. The Bertz CT molecular complexity index is 789. The van der Waals surface area contributed by atoms with Crippen LogP contribution in [0.5, 0.6) is 5.75 Å². The number of amides is 2. The number of benzene rings is 2. The molecule has 0 radical (unpaired) electrons. The molecule has 1 saturated heterocycles. The van der Waals surface area contributed by atoms with E-state index in [2.05, 4.69) is 5.32 Å². The zero-order valence-corrected chi connectivity index (χ0v) is 14.6. The third-order valence-corrected chi connectivity index (χ3v) is 4.66. The minimum absolute atomic E-state index is 0.000497. The normalized spacial score (nSPS) is 16.3. The van der Waals surface area contributed by atoms with Gasteiger partial charge in [0, 0.05) is 18.7 Å². The van der Waals surface area contributed by atoms with Gasteiger partial charge in [0.2, 0.25) is 0 Å². The molecule has 6 nitrogen and oxygen atoms in total. The topological polar surface area (TPSA) is 78.9 Å². The first-order valence-electron chi connectivity index (χ1n) is 8.60. The zero-order chi connectivity index (χ0) is 18.5. The van der Waals surface area contributed by atoms with Gasteiger partial charge in [-0.2, -0.15) is 0 Å². The van der Waals surface area contributed by atoms with Crippen LogP contribution in [0, 0.1) is 0 Å². The molecule has 1 atom stereocenters. The number of hydrogen-bond acceptors (Lipinski definition) is 3. The number of carbonyl (C=O) groups excluding carboxylic acids is 1. The maximum atomic E-state index is 12.7. The number of aromatic carboxylic acids is 1. The first kappa shape index (κ1) is 17.8. The summed E-state index contributed by atoms with van der Waals surface area (Å²) < 4.78 is 5.44. The number of nitrogens with zero attached hydrogens (tertiary/aromatic N) is 1. The van der Waals surface area contributed by atoms with E-state index in [-0.39, 0.29) is 17.6 Å². The van der Waals surface area contributed by atoms with Gasteiger partial charge in [0.15, 0.2) is 0 Å². The molecule has 2 N–H and O–H groups in total. The molecule has 2 amide bonds. The third-order valence-electron chi connectivity index (χ3n) is 4.66. The van der Waals surface area contributed by atoms with Crippen LogP contribution in [0.3, 0.4) is 0 Å². The highest BCUT2D eigenvalue weighted by molar-refractivity contribution is 5.87. The summed E-state index contributed by atoms with van der Waals surface area (Å²) in [5, 5.41) is 11.9. The van der Waals surface area contributed by atoms with E-state index in [4.69, 9.17) is 9.84 Å². The van der Waals surface area contributed by atoms with E-state index in [0.29, 0.717) is 13.1 Å². The smallest absolute Gasteiger partial charge is 0.335 e. The first-order chi connectivity index (χ1) is 12.6. The SMILES string of the molecule is COc1ccccc1C1CCCN1C(=O)NCc1ccc(C(=O)O)cc1. The van der Waals surface area contributed by atoms with Crippen LogP contribution in [0.15, 0.2) is 48.5 Å².